The van der Waals surface area contributed by atoms with Crippen molar-refractivity contribution in [2.45, 2.75) is 39.9 Å². The third-order valence-corrected chi connectivity index (χ3v) is 3.88. The first-order valence-electron chi connectivity index (χ1n) is 7.93. The highest BCUT2D eigenvalue weighted by atomic mass is 16.7. The molecule has 1 heterocycles. The van der Waals surface area contributed by atoms with Crippen molar-refractivity contribution in [3.8, 4) is 11.5 Å². The maximum atomic E-state index is 12.1. The number of nitrogens with one attached hydrogen (secondary N) is 1. The van der Waals surface area contributed by atoms with Crippen LogP contribution in [0.5, 0.6) is 11.5 Å². The number of ether oxygens (including phenoxy) is 2. The molecule has 22 heavy (non-hydrogen) atoms. The molecule has 0 saturated carbocycles. The van der Waals surface area contributed by atoms with Crippen LogP contribution in [0.2, 0.25) is 0 Å². The monoisotopic (exact) mass is 306 g/mol. The Morgan fingerprint density at radius 2 is 1.91 bits per heavy atom. The van der Waals surface area contributed by atoms with Crippen molar-refractivity contribution in [2.24, 2.45) is 0 Å². The minimum absolute atomic E-state index is 0.0563. The highest BCUT2D eigenvalue weighted by molar-refractivity contribution is 5.77. The molecule has 1 amide bonds. The molecule has 2 rings (SSSR count). The van der Waals surface area contributed by atoms with Gasteiger partial charge in [-0.2, -0.15) is 0 Å². The Morgan fingerprint density at radius 3 is 2.59 bits per heavy atom. The fourth-order valence-electron chi connectivity index (χ4n) is 2.58. The van der Waals surface area contributed by atoms with E-state index in [0.717, 1.165) is 25.2 Å². The van der Waals surface area contributed by atoms with Crippen molar-refractivity contribution in [3.05, 3.63) is 23.8 Å². The van der Waals surface area contributed by atoms with Gasteiger partial charge in [-0.25, -0.2) is 0 Å². The minimum atomic E-state index is -0.921. The molecule has 1 unspecified atom stereocenters. The van der Waals surface area contributed by atoms with E-state index in [1.165, 1.54) is 0 Å². The summed E-state index contributed by atoms with van der Waals surface area (Å²) in [6, 6.07) is 5.78. The average Bonchev–Trinajstić information content (AvgIpc) is 2.78. The Kier molecular flexibility index (Phi) is 5.29. The number of fused-ring (bicyclic) bond motifs is 1. The zero-order chi connectivity index (χ0) is 16.2. The molecule has 122 valence electrons. The lowest BCUT2D eigenvalue weighted by Crippen LogP contribution is -2.42. The standard InChI is InChI=1S/C17H26N2O3/c1-5-19(6-2)10-9-18-16(20)12-17(4)21-14-8-7-13(3)11-15(14)22-17/h7-8,11H,5-6,9-10,12H2,1-4H3,(H,18,20). The quantitative estimate of drug-likeness (QED) is 0.840. The predicted octanol–water partition coefficient (Wildman–Crippen LogP) is 2.33. The summed E-state index contributed by atoms with van der Waals surface area (Å²) in [4.78, 5) is 14.4. The Labute approximate surface area is 132 Å². The largest absolute Gasteiger partial charge is 0.448 e. The molecule has 1 atom stereocenters. The van der Waals surface area contributed by atoms with E-state index in [4.69, 9.17) is 9.47 Å². The van der Waals surface area contributed by atoms with E-state index in [2.05, 4.69) is 24.1 Å². The van der Waals surface area contributed by atoms with Gasteiger partial charge in [0.15, 0.2) is 11.5 Å². The van der Waals surface area contributed by atoms with Gasteiger partial charge in [-0.05, 0) is 37.7 Å². The van der Waals surface area contributed by atoms with Crippen molar-refractivity contribution in [1.82, 2.24) is 10.2 Å². The summed E-state index contributed by atoms with van der Waals surface area (Å²) < 4.78 is 11.6. The number of amides is 1. The van der Waals surface area contributed by atoms with E-state index in [1.807, 2.05) is 25.1 Å². The molecule has 0 fully saturated rings. The fraction of sp³-hybridized carbons (Fsp3) is 0.588. The number of benzene rings is 1. The van der Waals surface area contributed by atoms with Crippen LogP contribution in [0.4, 0.5) is 0 Å². The van der Waals surface area contributed by atoms with E-state index in [1.54, 1.807) is 6.92 Å². The van der Waals surface area contributed by atoms with Crippen molar-refractivity contribution in [2.75, 3.05) is 26.2 Å². The molecule has 1 aliphatic rings. The number of likely N-dealkylation sites (N-methyl/N-ethyl adjacent to an activating group) is 1. The average molecular weight is 306 g/mol. The molecule has 1 aromatic rings. The van der Waals surface area contributed by atoms with Crippen molar-refractivity contribution < 1.29 is 14.3 Å². The van der Waals surface area contributed by atoms with Gasteiger partial charge < -0.3 is 19.7 Å². The molecule has 1 N–H and O–H groups in total. The summed E-state index contributed by atoms with van der Waals surface area (Å²) in [5.74, 6) is 0.428. The lowest BCUT2D eigenvalue weighted by molar-refractivity contribution is -0.133. The van der Waals surface area contributed by atoms with E-state index < -0.39 is 5.79 Å². The van der Waals surface area contributed by atoms with Crippen LogP contribution in [0.15, 0.2) is 18.2 Å². The van der Waals surface area contributed by atoms with E-state index in [9.17, 15) is 4.79 Å². The van der Waals surface area contributed by atoms with Gasteiger partial charge in [-0.1, -0.05) is 19.9 Å². The second kappa shape index (κ2) is 7.01. The van der Waals surface area contributed by atoms with Crippen LogP contribution < -0.4 is 14.8 Å². The third kappa shape index (κ3) is 4.13. The Morgan fingerprint density at radius 1 is 1.23 bits per heavy atom. The van der Waals surface area contributed by atoms with Gasteiger partial charge in [0.25, 0.3) is 5.79 Å². The zero-order valence-electron chi connectivity index (χ0n) is 13.9. The second-order valence-electron chi connectivity index (χ2n) is 5.84. The van der Waals surface area contributed by atoms with Crippen molar-refractivity contribution in [1.29, 1.82) is 0 Å². The minimum Gasteiger partial charge on any atom is -0.448 e. The number of carbonyl (C=O) groups is 1. The zero-order valence-corrected chi connectivity index (χ0v) is 13.9. The summed E-state index contributed by atoms with van der Waals surface area (Å²) in [6.07, 6.45) is 0.180. The molecular formula is C17H26N2O3. The van der Waals surface area contributed by atoms with Gasteiger partial charge in [-0.15, -0.1) is 0 Å². The number of carbonyl (C=O) groups excluding carboxylic acids is 1. The fourth-order valence-corrected chi connectivity index (χ4v) is 2.58. The van der Waals surface area contributed by atoms with Crippen LogP contribution in [0.1, 0.15) is 32.8 Å². The first kappa shape index (κ1) is 16.6. The highest BCUT2D eigenvalue weighted by Gasteiger charge is 2.38. The molecule has 5 nitrogen and oxygen atoms in total. The Balaban J connectivity index is 1.82. The first-order valence-corrected chi connectivity index (χ1v) is 7.93. The van der Waals surface area contributed by atoms with Crippen molar-refractivity contribution in [3.63, 3.8) is 0 Å². The smallest absolute Gasteiger partial charge is 0.257 e. The number of aryl methyl sites for hydroxylation is 1. The lowest BCUT2D eigenvalue weighted by atomic mass is 10.2. The SMILES string of the molecule is CCN(CC)CCNC(=O)CC1(C)Oc2ccc(C)cc2O1. The van der Waals surface area contributed by atoms with Crippen LogP contribution in [-0.2, 0) is 4.79 Å². The van der Waals surface area contributed by atoms with Crippen LogP contribution >= 0.6 is 0 Å². The van der Waals surface area contributed by atoms with E-state index in [0.29, 0.717) is 18.0 Å². The van der Waals surface area contributed by atoms with Gasteiger partial charge >= 0.3 is 0 Å². The highest BCUT2D eigenvalue weighted by Crippen LogP contribution is 2.40. The summed E-state index contributed by atoms with van der Waals surface area (Å²) in [5.41, 5.74) is 1.11. The van der Waals surface area contributed by atoms with E-state index in [-0.39, 0.29) is 12.3 Å². The maximum absolute atomic E-state index is 12.1. The molecule has 0 bridgehead atoms. The van der Waals surface area contributed by atoms with Crippen LogP contribution in [0.25, 0.3) is 0 Å². The van der Waals surface area contributed by atoms with Gasteiger partial charge in [0.05, 0.1) is 0 Å². The van der Waals surface area contributed by atoms with Crippen LogP contribution in [0.3, 0.4) is 0 Å². The number of hydrogen-bond donors (Lipinski definition) is 1. The molecule has 0 aliphatic carbocycles. The molecule has 0 saturated heterocycles. The summed E-state index contributed by atoms with van der Waals surface area (Å²) in [7, 11) is 0. The molecule has 0 spiro atoms. The predicted molar refractivity (Wildman–Crippen MR) is 86.3 cm³/mol. The first-order chi connectivity index (χ1) is 10.5. The summed E-state index contributed by atoms with van der Waals surface area (Å²) >= 11 is 0. The van der Waals surface area contributed by atoms with Crippen LogP contribution in [-0.4, -0.2) is 42.8 Å². The third-order valence-electron chi connectivity index (χ3n) is 3.88. The van der Waals surface area contributed by atoms with E-state index >= 15 is 0 Å². The molecule has 1 aliphatic heterocycles. The normalized spacial score (nSPS) is 19.5. The van der Waals surface area contributed by atoms with Crippen LogP contribution in [0, 0.1) is 6.92 Å². The topological polar surface area (TPSA) is 50.8 Å². The van der Waals surface area contributed by atoms with Gasteiger partial charge in [0.2, 0.25) is 5.91 Å². The molecule has 5 heteroatoms. The second-order valence-corrected chi connectivity index (χ2v) is 5.84. The molecular weight excluding hydrogens is 280 g/mol. The number of nitrogens with zero attached hydrogens (tertiary/aromatic N) is 1. The summed E-state index contributed by atoms with van der Waals surface area (Å²) in [5, 5.41) is 2.93. The Bertz CT molecular complexity index is 529. The number of rotatable bonds is 7. The van der Waals surface area contributed by atoms with Gasteiger partial charge in [-0.3, -0.25) is 4.79 Å². The maximum Gasteiger partial charge on any atom is 0.257 e. The summed E-state index contributed by atoms with van der Waals surface area (Å²) in [6.45, 7) is 11.5. The van der Waals surface area contributed by atoms with Crippen molar-refractivity contribution >= 4 is 5.91 Å². The Hall–Kier alpha value is -1.75. The van der Waals surface area contributed by atoms with Gasteiger partial charge in [0, 0.05) is 20.0 Å². The lowest BCUT2D eigenvalue weighted by Gasteiger charge is -2.23. The van der Waals surface area contributed by atoms with Gasteiger partial charge in [0.1, 0.15) is 6.42 Å². The molecule has 0 aromatic heterocycles. The number of hydrogen-bond acceptors (Lipinski definition) is 4. The molecule has 0 radical (unpaired) electrons. The molecule has 1 aromatic carbocycles.